The molecule has 0 aromatic carbocycles. The minimum Gasteiger partial charge on any atom is -0.288 e. The monoisotopic (exact) mass is 130 g/mol. The van der Waals surface area contributed by atoms with Crippen LogP contribution >= 0.6 is 11.8 Å². The minimum absolute atomic E-state index is 0.183. The molecule has 0 unspecified atom stereocenters. The van der Waals surface area contributed by atoms with Crippen molar-refractivity contribution in [1.82, 2.24) is 0 Å². The molecule has 0 atom stereocenters. The Hall–Kier alpha value is -0.240. The van der Waals surface area contributed by atoms with Crippen LogP contribution in [0.1, 0.15) is 13.8 Å². The van der Waals surface area contributed by atoms with Gasteiger partial charge in [-0.3, -0.25) is 4.79 Å². The predicted octanol–water partition coefficient (Wildman–Crippen LogP) is 1.84. The molecule has 0 saturated carbocycles. The zero-order valence-electron chi connectivity index (χ0n) is 5.18. The van der Waals surface area contributed by atoms with E-state index in [2.05, 4.69) is 0 Å². The van der Waals surface area contributed by atoms with Crippen molar-refractivity contribution < 1.29 is 4.79 Å². The fraction of sp³-hybridized carbons (Fsp3) is 0.500. The maximum absolute atomic E-state index is 10.2. The molecule has 46 valence electrons. The lowest BCUT2D eigenvalue weighted by atomic mass is 10.6. The van der Waals surface area contributed by atoms with Crippen LogP contribution in [0.3, 0.4) is 0 Å². The van der Waals surface area contributed by atoms with Gasteiger partial charge in [-0.1, -0.05) is 23.9 Å². The van der Waals surface area contributed by atoms with Crippen LogP contribution in [0.25, 0.3) is 0 Å². The Bertz CT molecular complexity index is 96.7. The van der Waals surface area contributed by atoms with Gasteiger partial charge in [0.05, 0.1) is 0 Å². The molecule has 1 nitrogen and oxygen atoms in total. The molecule has 0 bridgehead atoms. The highest BCUT2D eigenvalue weighted by Gasteiger charge is 1.86. The summed E-state index contributed by atoms with van der Waals surface area (Å²) in [5.74, 6) is 0.811. The first-order chi connectivity index (χ1) is 3.77. The summed E-state index contributed by atoms with van der Waals surface area (Å²) >= 11 is 1.33. The number of carbonyl (C=O) groups excluding carboxylic acids is 1. The lowest BCUT2D eigenvalue weighted by molar-refractivity contribution is -0.109. The number of carbonyl (C=O) groups is 1. The van der Waals surface area contributed by atoms with Crippen molar-refractivity contribution in [2.45, 2.75) is 13.8 Å². The van der Waals surface area contributed by atoms with Gasteiger partial charge in [0, 0.05) is 12.7 Å². The maximum Gasteiger partial charge on any atom is 0.186 e. The van der Waals surface area contributed by atoms with Crippen LogP contribution in [0.4, 0.5) is 0 Å². The number of rotatable bonds is 2. The van der Waals surface area contributed by atoms with Crippen molar-refractivity contribution in [1.29, 1.82) is 0 Å². The zero-order valence-corrected chi connectivity index (χ0v) is 5.99. The molecular weight excluding hydrogens is 120 g/mol. The van der Waals surface area contributed by atoms with Gasteiger partial charge in [-0.2, -0.15) is 0 Å². The van der Waals surface area contributed by atoms with Gasteiger partial charge >= 0.3 is 0 Å². The van der Waals surface area contributed by atoms with Crippen LogP contribution < -0.4 is 0 Å². The SMILES string of the molecule is CC=CCSC(C)=O. The quantitative estimate of drug-likeness (QED) is 0.530. The molecular formula is C6H10OS. The molecule has 0 saturated heterocycles. The topological polar surface area (TPSA) is 17.1 Å². The fourth-order valence-corrected chi connectivity index (χ4v) is 0.785. The van der Waals surface area contributed by atoms with Crippen LogP contribution in [0.2, 0.25) is 0 Å². The highest BCUT2D eigenvalue weighted by Crippen LogP contribution is 1.99. The van der Waals surface area contributed by atoms with E-state index in [1.54, 1.807) is 6.92 Å². The average molecular weight is 130 g/mol. The smallest absolute Gasteiger partial charge is 0.186 e. The Morgan fingerprint density at radius 3 is 2.75 bits per heavy atom. The van der Waals surface area contributed by atoms with Crippen LogP contribution in [-0.4, -0.2) is 10.9 Å². The second-order valence-electron chi connectivity index (χ2n) is 1.37. The summed E-state index contributed by atoms with van der Waals surface area (Å²) in [7, 11) is 0. The van der Waals surface area contributed by atoms with Crippen molar-refractivity contribution in [3.8, 4) is 0 Å². The summed E-state index contributed by atoms with van der Waals surface area (Å²) in [5, 5.41) is 0.183. The molecule has 0 amide bonds. The van der Waals surface area contributed by atoms with Gasteiger partial charge in [0.1, 0.15) is 0 Å². The summed E-state index contributed by atoms with van der Waals surface area (Å²) in [5.41, 5.74) is 0. The van der Waals surface area contributed by atoms with E-state index in [9.17, 15) is 4.79 Å². The fourth-order valence-electron chi connectivity index (χ4n) is 0.262. The molecule has 0 aliphatic rings. The van der Waals surface area contributed by atoms with Gasteiger partial charge in [-0.15, -0.1) is 0 Å². The summed E-state index contributed by atoms with van der Waals surface area (Å²) in [4.78, 5) is 10.2. The Balaban J connectivity index is 3.05. The Labute approximate surface area is 54.2 Å². The first-order valence-corrected chi connectivity index (χ1v) is 3.50. The normalized spacial score (nSPS) is 10.2. The standard InChI is InChI=1S/C6H10OS/c1-3-4-5-8-6(2)7/h3-4H,5H2,1-2H3. The Morgan fingerprint density at radius 1 is 1.75 bits per heavy atom. The van der Waals surface area contributed by atoms with Crippen LogP contribution in [0, 0.1) is 0 Å². The van der Waals surface area contributed by atoms with E-state index >= 15 is 0 Å². The van der Waals surface area contributed by atoms with E-state index < -0.39 is 0 Å². The molecule has 0 heterocycles. The van der Waals surface area contributed by atoms with Crippen molar-refractivity contribution >= 4 is 16.9 Å². The molecule has 0 aliphatic carbocycles. The number of hydrogen-bond acceptors (Lipinski definition) is 2. The van der Waals surface area contributed by atoms with E-state index in [0.29, 0.717) is 0 Å². The third-order valence-corrected chi connectivity index (χ3v) is 1.38. The third-order valence-electron chi connectivity index (χ3n) is 0.619. The first-order valence-electron chi connectivity index (χ1n) is 2.52. The van der Waals surface area contributed by atoms with E-state index in [4.69, 9.17) is 0 Å². The summed E-state index contributed by atoms with van der Waals surface area (Å²) in [6, 6.07) is 0. The first kappa shape index (κ1) is 7.76. The van der Waals surface area contributed by atoms with E-state index in [-0.39, 0.29) is 5.12 Å². The van der Waals surface area contributed by atoms with Gasteiger partial charge in [0.15, 0.2) is 5.12 Å². The largest absolute Gasteiger partial charge is 0.288 e. The van der Waals surface area contributed by atoms with Gasteiger partial charge in [-0.25, -0.2) is 0 Å². The van der Waals surface area contributed by atoms with Crippen molar-refractivity contribution in [3.63, 3.8) is 0 Å². The van der Waals surface area contributed by atoms with Gasteiger partial charge in [0.2, 0.25) is 0 Å². The molecule has 0 spiro atoms. The molecule has 0 aromatic rings. The van der Waals surface area contributed by atoms with Crippen LogP contribution in [0.15, 0.2) is 12.2 Å². The summed E-state index contributed by atoms with van der Waals surface area (Å²) in [6.07, 6.45) is 3.90. The van der Waals surface area contributed by atoms with Gasteiger partial charge < -0.3 is 0 Å². The second-order valence-corrected chi connectivity index (χ2v) is 2.57. The number of thioether (sulfide) groups is 1. The molecule has 0 fully saturated rings. The van der Waals surface area contributed by atoms with E-state index in [0.717, 1.165) is 5.75 Å². The lowest BCUT2D eigenvalue weighted by Crippen LogP contribution is -1.80. The third kappa shape index (κ3) is 5.76. The number of allylic oxidation sites excluding steroid dienone is 1. The predicted molar refractivity (Wildman–Crippen MR) is 38.0 cm³/mol. The highest BCUT2D eigenvalue weighted by molar-refractivity contribution is 8.13. The lowest BCUT2D eigenvalue weighted by Gasteiger charge is -1.84. The molecule has 0 rings (SSSR count). The van der Waals surface area contributed by atoms with Gasteiger partial charge in [-0.05, 0) is 6.92 Å². The van der Waals surface area contributed by atoms with Crippen molar-refractivity contribution in [2.24, 2.45) is 0 Å². The van der Waals surface area contributed by atoms with Crippen molar-refractivity contribution in [2.75, 3.05) is 5.75 Å². The van der Waals surface area contributed by atoms with Gasteiger partial charge in [0.25, 0.3) is 0 Å². The molecule has 8 heavy (non-hydrogen) atoms. The summed E-state index contributed by atoms with van der Waals surface area (Å²) in [6.45, 7) is 3.52. The maximum atomic E-state index is 10.2. The van der Waals surface area contributed by atoms with Crippen LogP contribution in [-0.2, 0) is 4.79 Å². The second kappa shape index (κ2) is 4.91. The molecule has 0 radical (unpaired) electrons. The van der Waals surface area contributed by atoms with E-state index in [1.165, 1.54) is 11.8 Å². The molecule has 0 aliphatic heterocycles. The summed E-state index contributed by atoms with van der Waals surface area (Å²) < 4.78 is 0. The Morgan fingerprint density at radius 2 is 2.38 bits per heavy atom. The zero-order chi connectivity index (χ0) is 6.41. The average Bonchev–Trinajstić information content (AvgIpc) is 1.66. The van der Waals surface area contributed by atoms with Crippen molar-refractivity contribution in [3.05, 3.63) is 12.2 Å². The van der Waals surface area contributed by atoms with Crippen LogP contribution in [0.5, 0.6) is 0 Å². The molecule has 2 heteroatoms. The number of hydrogen-bond donors (Lipinski definition) is 0. The van der Waals surface area contributed by atoms with E-state index in [1.807, 2.05) is 19.1 Å². The highest BCUT2D eigenvalue weighted by atomic mass is 32.2. The minimum atomic E-state index is 0.183. The Kier molecular flexibility index (Phi) is 4.76. The molecule has 0 N–H and O–H groups in total. The molecule has 0 aromatic heterocycles.